The Bertz CT molecular complexity index is 1070. The highest BCUT2D eigenvalue weighted by molar-refractivity contribution is 7.16. The molecule has 5 rings (SSSR count). The van der Waals surface area contributed by atoms with E-state index in [9.17, 15) is 0 Å². The summed E-state index contributed by atoms with van der Waals surface area (Å²) in [5.41, 5.74) is 4.80. The molecule has 1 fully saturated rings. The van der Waals surface area contributed by atoms with Gasteiger partial charge in [0.15, 0.2) is 0 Å². The number of benzene rings is 2. The minimum Gasteiger partial charge on any atom is -0.353 e. The van der Waals surface area contributed by atoms with Crippen LogP contribution in [0.15, 0.2) is 65.7 Å². The first kappa shape index (κ1) is 20.3. The van der Waals surface area contributed by atoms with Crippen molar-refractivity contribution in [3.8, 4) is 0 Å². The Kier molecular flexibility index (Phi) is 5.79. The van der Waals surface area contributed by atoms with E-state index in [-0.39, 0.29) is 0 Å². The number of thiophene rings is 1. The fourth-order valence-corrected chi connectivity index (χ4v) is 5.54. The number of amidine groups is 1. The van der Waals surface area contributed by atoms with E-state index in [1.54, 1.807) is 0 Å². The number of aliphatic imine (C=N–C) groups is 1. The lowest BCUT2D eigenvalue weighted by Gasteiger charge is -2.41. The maximum Gasteiger partial charge on any atom is 0.139 e. The Balaban J connectivity index is 1.36. The molecule has 1 saturated heterocycles. The first-order chi connectivity index (χ1) is 15.2. The van der Waals surface area contributed by atoms with Crippen LogP contribution in [0.4, 0.5) is 16.4 Å². The number of fused-ring (bicyclic) bond motifs is 2. The van der Waals surface area contributed by atoms with Crippen LogP contribution in [0.1, 0.15) is 28.8 Å². The standard InChI is InChI=1S/C26H30N4S/c1-19-17-22-25(27-23-13-6-7-14-24(23)28-26(22)31-19)30-16-15-29(2)21(18-30)12-8-11-20-9-4-3-5-10-20/h3-7,9-10,13-14,17,21,28H,8,11-12,15-16,18H2,1-2H3/t21-/m0/s1. The van der Waals surface area contributed by atoms with Gasteiger partial charge in [-0.3, -0.25) is 4.90 Å². The predicted octanol–water partition coefficient (Wildman–Crippen LogP) is 5.83. The zero-order chi connectivity index (χ0) is 21.2. The van der Waals surface area contributed by atoms with Crippen molar-refractivity contribution in [2.75, 3.05) is 32.0 Å². The third-order valence-electron chi connectivity index (χ3n) is 6.40. The summed E-state index contributed by atoms with van der Waals surface area (Å²) in [5.74, 6) is 1.12. The summed E-state index contributed by atoms with van der Waals surface area (Å²) in [6, 6.07) is 22.1. The zero-order valence-corrected chi connectivity index (χ0v) is 19.2. The SMILES string of the molecule is Cc1cc2c(s1)Nc1ccccc1N=C2N1CCN(C)[C@@H](CCCc2ccccc2)C1. The van der Waals surface area contributed by atoms with E-state index in [0.717, 1.165) is 43.3 Å². The number of hydrogen-bond donors (Lipinski definition) is 1. The van der Waals surface area contributed by atoms with E-state index in [4.69, 9.17) is 4.99 Å². The number of rotatable bonds is 4. The van der Waals surface area contributed by atoms with Gasteiger partial charge in [-0.1, -0.05) is 42.5 Å². The van der Waals surface area contributed by atoms with Gasteiger partial charge in [0.2, 0.25) is 0 Å². The molecule has 0 aliphatic carbocycles. The minimum atomic E-state index is 0.551. The second kappa shape index (κ2) is 8.85. The maximum absolute atomic E-state index is 5.17. The molecule has 160 valence electrons. The van der Waals surface area contributed by atoms with Crippen LogP contribution in [0.25, 0.3) is 0 Å². The fourth-order valence-electron chi connectivity index (χ4n) is 4.62. The van der Waals surface area contributed by atoms with Crippen LogP contribution in [-0.4, -0.2) is 48.4 Å². The second-order valence-electron chi connectivity index (χ2n) is 8.64. The molecular weight excluding hydrogens is 400 g/mol. The Hall–Kier alpha value is -2.63. The molecule has 31 heavy (non-hydrogen) atoms. The zero-order valence-electron chi connectivity index (χ0n) is 18.3. The molecule has 5 heteroatoms. The van der Waals surface area contributed by atoms with Crippen LogP contribution < -0.4 is 5.32 Å². The molecule has 3 heterocycles. The van der Waals surface area contributed by atoms with Gasteiger partial charge in [-0.05, 0) is 57.0 Å². The average molecular weight is 431 g/mol. The molecule has 0 spiro atoms. The van der Waals surface area contributed by atoms with Gasteiger partial charge in [0.25, 0.3) is 0 Å². The number of anilines is 2. The maximum atomic E-state index is 5.17. The van der Waals surface area contributed by atoms with E-state index < -0.39 is 0 Å². The number of likely N-dealkylation sites (N-methyl/N-ethyl adjacent to an activating group) is 1. The van der Waals surface area contributed by atoms with Crippen molar-refractivity contribution < 1.29 is 0 Å². The first-order valence-corrected chi connectivity index (χ1v) is 12.0. The van der Waals surface area contributed by atoms with E-state index in [1.807, 2.05) is 11.3 Å². The van der Waals surface area contributed by atoms with Crippen molar-refractivity contribution in [1.29, 1.82) is 0 Å². The molecule has 4 nitrogen and oxygen atoms in total. The van der Waals surface area contributed by atoms with E-state index in [2.05, 4.69) is 89.8 Å². The Morgan fingerprint density at radius 3 is 2.74 bits per heavy atom. The van der Waals surface area contributed by atoms with Gasteiger partial charge in [-0.15, -0.1) is 11.3 Å². The highest BCUT2D eigenvalue weighted by Crippen LogP contribution is 2.39. The van der Waals surface area contributed by atoms with Gasteiger partial charge in [0, 0.05) is 30.6 Å². The van der Waals surface area contributed by atoms with Crippen LogP contribution in [0.2, 0.25) is 0 Å². The number of aryl methyl sites for hydroxylation is 2. The summed E-state index contributed by atoms with van der Waals surface area (Å²) in [5, 5.41) is 4.84. The van der Waals surface area contributed by atoms with E-state index in [1.165, 1.54) is 33.8 Å². The highest BCUT2D eigenvalue weighted by Gasteiger charge is 2.29. The molecule has 0 bridgehead atoms. The number of nitrogens with zero attached hydrogens (tertiary/aromatic N) is 3. The summed E-state index contributed by atoms with van der Waals surface area (Å²) in [6.45, 7) is 5.30. The second-order valence-corrected chi connectivity index (χ2v) is 9.89. The van der Waals surface area contributed by atoms with Crippen molar-refractivity contribution in [3.05, 3.63) is 76.7 Å². The lowest BCUT2D eigenvalue weighted by Crippen LogP contribution is -2.53. The third-order valence-corrected chi connectivity index (χ3v) is 7.36. The van der Waals surface area contributed by atoms with Gasteiger partial charge >= 0.3 is 0 Å². The fraction of sp³-hybridized carbons (Fsp3) is 0.346. The summed E-state index contributed by atoms with van der Waals surface area (Å²) in [4.78, 5) is 11.5. The van der Waals surface area contributed by atoms with Crippen molar-refractivity contribution in [1.82, 2.24) is 9.80 Å². The molecule has 0 saturated carbocycles. The average Bonchev–Trinajstić information content (AvgIpc) is 3.07. The number of piperazine rings is 1. The van der Waals surface area contributed by atoms with E-state index in [0.29, 0.717) is 6.04 Å². The molecule has 1 N–H and O–H groups in total. The summed E-state index contributed by atoms with van der Waals surface area (Å²) < 4.78 is 0. The van der Waals surface area contributed by atoms with Gasteiger partial charge < -0.3 is 10.2 Å². The van der Waals surface area contributed by atoms with Crippen molar-refractivity contribution in [2.24, 2.45) is 4.99 Å². The molecule has 0 radical (unpaired) electrons. The van der Waals surface area contributed by atoms with Crippen LogP contribution in [0.3, 0.4) is 0 Å². The van der Waals surface area contributed by atoms with Crippen LogP contribution in [-0.2, 0) is 6.42 Å². The number of hydrogen-bond acceptors (Lipinski definition) is 5. The van der Waals surface area contributed by atoms with Gasteiger partial charge in [0.05, 0.1) is 16.9 Å². The molecule has 1 aromatic heterocycles. The van der Waals surface area contributed by atoms with E-state index >= 15 is 0 Å². The first-order valence-electron chi connectivity index (χ1n) is 11.2. The molecule has 1 atom stereocenters. The van der Waals surface area contributed by atoms with Crippen LogP contribution in [0.5, 0.6) is 0 Å². The third kappa shape index (κ3) is 4.39. The summed E-state index contributed by atoms with van der Waals surface area (Å²) >= 11 is 1.82. The van der Waals surface area contributed by atoms with Gasteiger partial charge in [-0.2, -0.15) is 0 Å². The monoisotopic (exact) mass is 430 g/mol. The minimum absolute atomic E-state index is 0.551. The normalized spacial score (nSPS) is 18.6. The molecular formula is C26H30N4S. The van der Waals surface area contributed by atoms with Crippen molar-refractivity contribution >= 4 is 33.5 Å². The lowest BCUT2D eigenvalue weighted by molar-refractivity contribution is 0.132. The summed E-state index contributed by atoms with van der Waals surface area (Å²) in [7, 11) is 2.27. The highest BCUT2D eigenvalue weighted by atomic mass is 32.1. The molecule has 2 aromatic carbocycles. The van der Waals surface area contributed by atoms with Crippen molar-refractivity contribution in [2.45, 2.75) is 32.2 Å². The number of nitrogens with one attached hydrogen (secondary N) is 1. The Morgan fingerprint density at radius 2 is 1.87 bits per heavy atom. The van der Waals surface area contributed by atoms with Crippen LogP contribution in [0, 0.1) is 6.92 Å². The molecule has 3 aromatic rings. The molecule has 0 amide bonds. The van der Waals surface area contributed by atoms with Crippen LogP contribution >= 0.6 is 11.3 Å². The lowest BCUT2D eigenvalue weighted by atomic mass is 10.0. The van der Waals surface area contributed by atoms with Crippen molar-refractivity contribution in [3.63, 3.8) is 0 Å². The summed E-state index contributed by atoms with van der Waals surface area (Å²) in [6.07, 6.45) is 3.57. The topological polar surface area (TPSA) is 30.9 Å². The smallest absolute Gasteiger partial charge is 0.139 e. The molecule has 0 unspecified atom stereocenters. The number of para-hydroxylation sites is 2. The quantitative estimate of drug-likeness (QED) is 0.565. The molecule has 2 aliphatic heterocycles. The largest absolute Gasteiger partial charge is 0.353 e. The van der Waals surface area contributed by atoms with Gasteiger partial charge in [-0.25, -0.2) is 4.99 Å². The Morgan fingerprint density at radius 1 is 1.06 bits per heavy atom. The Labute approximate surface area is 189 Å². The predicted molar refractivity (Wildman–Crippen MR) is 132 cm³/mol. The molecule has 2 aliphatic rings. The van der Waals surface area contributed by atoms with Gasteiger partial charge in [0.1, 0.15) is 10.8 Å².